The summed E-state index contributed by atoms with van der Waals surface area (Å²) in [5.74, 6) is -1.16. The molecule has 0 aromatic heterocycles. The average molecular weight is 280 g/mol. The Labute approximate surface area is 112 Å². The minimum atomic E-state index is -4.05. The van der Waals surface area contributed by atoms with E-state index < -0.39 is 12.1 Å². The molecule has 1 N–H and O–H groups in total. The highest BCUT2D eigenvalue weighted by molar-refractivity contribution is 4.82. The molecular weight excluding hydrogens is 257 g/mol. The van der Waals surface area contributed by atoms with Crippen LogP contribution in [0.3, 0.4) is 0 Å². The van der Waals surface area contributed by atoms with Gasteiger partial charge in [0.15, 0.2) is 0 Å². The molecule has 0 aromatic carbocycles. The molecule has 0 saturated carbocycles. The first-order chi connectivity index (χ1) is 8.99. The average Bonchev–Trinajstić information content (AvgIpc) is 2.76. The predicted molar refractivity (Wildman–Crippen MR) is 67.0 cm³/mol. The van der Waals surface area contributed by atoms with Crippen LogP contribution in [0.15, 0.2) is 0 Å². The number of hydrogen-bond donors (Lipinski definition) is 1. The predicted octanol–water partition coefficient (Wildman–Crippen LogP) is 2.03. The molecule has 2 rings (SSSR count). The van der Waals surface area contributed by atoms with Gasteiger partial charge in [0.2, 0.25) is 0 Å². The molecule has 3 atom stereocenters. The van der Waals surface area contributed by atoms with Crippen LogP contribution in [0, 0.1) is 5.92 Å². The van der Waals surface area contributed by atoms with E-state index in [-0.39, 0.29) is 25.2 Å². The molecule has 3 nitrogen and oxygen atoms in total. The van der Waals surface area contributed by atoms with E-state index in [4.69, 9.17) is 4.74 Å². The van der Waals surface area contributed by atoms with Gasteiger partial charge >= 0.3 is 6.18 Å². The molecule has 112 valence electrons. The summed E-state index contributed by atoms with van der Waals surface area (Å²) in [5, 5.41) is 3.07. The van der Waals surface area contributed by atoms with Gasteiger partial charge in [-0.1, -0.05) is 0 Å². The zero-order valence-electron chi connectivity index (χ0n) is 11.4. The third kappa shape index (κ3) is 4.33. The second-order valence-corrected chi connectivity index (χ2v) is 5.66. The molecule has 0 spiro atoms. The lowest BCUT2D eigenvalue weighted by Gasteiger charge is -2.34. The lowest BCUT2D eigenvalue weighted by Crippen LogP contribution is -2.44. The van der Waals surface area contributed by atoms with Crippen LogP contribution < -0.4 is 5.32 Å². The number of nitrogens with one attached hydrogen (secondary N) is 1. The summed E-state index contributed by atoms with van der Waals surface area (Å²) in [6.45, 7) is 2.37. The van der Waals surface area contributed by atoms with Gasteiger partial charge in [-0.2, -0.15) is 13.2 Å². The van der Waals surface area contributed by atoms with Crippen molar-refractivity contribution in [3.05, 3.63) is 0 Å². The van der Waals surface area contributed by atoms with Crippen molar-refractivity contribution in [1.29, 1.82) is 0 Å². The Morgan fingerprint density at radius 2 is 1.95 bits per heavy atom. The van der Waals surface area contributed by atoms with Crippen LogP contribution in [0.2, 0.25) is 0 Å². The molecule has 2 aliphatic rings. The van der Waals surface area contributed by atoms with Gasteiger partial charge < -0.3 is 15.0 Å². The van der Waals surface area contributed by atoms with E-state index in [0.29, 0.717) is 13.0 Å². The SMILES string of the molecule is CNCC1CCC(CN2CCCC(C(F)(F)F)C2)O1. The first-order valence-corrected chi connectivity index (χ1v) is 7.08. The van der Waals surface area contributed by atoms with Crippen LogP contribution in [0.25, 0.3) is 0 Å². The van der Waals surface area contributed by atoms with Gasteiger partial charge in [0.25, 0.3) is 0 Å². The molecular formula is C13H23F3N2O. The van der Waals surface area contributed by atoms with Gasteiger partial charge in [0.05, 0.1) is 18.1 Å². The second-order valence-electron chi connectivity index (χ2n) is 5.66. The summed E-state index contributed by atoms with van der Waals surface area (Å²) < 4.78 is 44.0. The lowest BCUT2D eigenvalue weighted by molar-refractivity contribution is -0.187. The first kappa shape index (κ1) is 15.1. The Morgan fingerprint density at radius 1 is 1.21 bits per heavy atom. The lowest BCUT2D eigenvalue weighted by atomic mass is 9.97. The zero-order chi connectivity index (χ0) is 13.9. The zero-order valence-corrected chi connectivity index (χ0v) is 11.4. The molecule has 2 heterocycles. The molecule has 0 amide bonds. The fraction of sp³-hybridized carbons (Fsp3) is 1.00. The Kier molecular flexibility index (Phi) is 5.09. The van der Waals surface area contributed by atoms with Gasteiger partial charge in [-0.25, -0.2) is 0 Å². The molecule has 0 aliphatic carbocycles. The summed E-state index contributed by atoms with van der Waals surface area (Å²) in [6, 6.07) is 0. The third-order valence-electron chi connectivity index (χ3n) is 4.06. The molecule has 19 heavy (non-hydrogen) atoms. The van der Waals surface area contributed by atoms with Crippen molar-refractivity contribution in [2.45, 2.75) is 44.1 Å². The van der Waals surface area contributed by atoms with Crippen LogP contribution >= 0.6 is 0 Å². The van der Waals surface area contributed by atoms with E-state index in [1.807, 2.05) is 11.9 Å². The van der Waals surface area contributed by atoms with Crippen molar-refractivity contribution < 1.29 is 17.9 Å². The van der Waals surface area contributed by atoms with E-state index in [1.54, 1.807) is 0 Å². The largest absolute Gasteiger partial charge is 0.393 e. The van der Waals surface area contributed by atoms with Crippen molar-refractivity contribution in [1.82, 2.24) is 10.2 Å². The molecule has 2 saturated heterocycles. The number of hydrogen-bond acceptors (Lipinski definition) is 3. The summed E-state index contributed by atoms with van der Waals surface area (Å²) in [7, 11) is 1.88. The van der Waals surface area contributed by atoms with Gasteiger partial charge in [-0.15, -0.1) is 0 Å². The fourth-order valence-corrected chi connectivity index (χ4v) is 3.07. The van der Waals surface area contributed by atoms with Crippen LogP contribution in [0.5, 0.6) is 0 Å². The van der Waals surface area contributed by atoms with Crippen molar-refractivity contribution in [2.75, 3.05) is 33.2 Å². The molecule has 0 radical (unpaired) electrons. The Hall–Kier alpha value is -0.330. The second kappa shape index (κ2) is 6.41. The van der Waals surface area contributed by atoms with E-state index in [0.717, 1.165) is 25.9 Å². The summed E-state index contributed by atoms with van der Waals surface area (Å²) >= 11 is 0. The number of likely N-dealkylation sites (tertiary alicyclic amines) is 1. The van der Waals surface area contributed by atoms with Crippen molar-refractivity contribution in [3.8, 4) is 0 Å². The number of rotatable bonds is 4. The topological polar surface area (TPSA) is 24.5 Å². The Bertz CT molecular complexity index is 286. The summed E-state index contributed by atoms with van der Waals surface area (Å²) in [4.78, 5) is 1.92. The van der Waals surface area contributed by atoms with Crippen LogP contribution in [0.1, 0.15) is 25.7 Å². The van der Waals surface area contributed by atoms with E-state index >= 15 is 0 Å². The van der Waals surface area contributed by atoms with Gasteiger partial charge in [-0.05, 0) is 39.3 Å². The first-order valence-electron chi connectivity index (χ1n) is 7.08. The summed E-state index contributed by atoms with van der Waals surface area (Å²) in [5.41, 5.74) is 0. The minimum Gasteiger partial charge on any atom is -0.372 e. The number of ether oxygens (including phenoxy) is 1. The van der Waals surface area contributed by atoms with Crippen LogP contribution in [-0.2, 0) is 4.74 Å². The highest BCUT2D eigenvalue weighted by Crippen LogP contribution is 2.33. The molecule has 0 aromatic rings. The summed E-state index contributed by atoms with van der Waals surface area (Å²) in [6.07, 6.45) is -0.862. The monoisotopic (exact) mass is 280 g/mol. The van der Waals surface area contributed by atoms with Crippen molar-refractivity contribution in [3.63, 3.8) is 0 Å². The number of piperidine rings is 1. The van der Waals surface area contributed by atoms with E-state index in [2.05, 4.69) is 5.32 Å². The normalized spacial score (nSPS) is 33.8. The van der Waals surface area contributed by atoms with Crippen molar-refractivity contribution >= 4 is 0 Å². The molecule has 3 unspecified atom stereocenters. The molecule has 2 fully saturated rings. The maximum atomic E-state index is 12.7. The van der Waals surface area contributed by atoms with Crippen molar-refractivity contribution in [2.24, 2.45) is 5.92 Å². The van der Waals surface area contributed by atoms with Gasteiger partial charge in [0.1, 0.15) is 0 Å². The minimum absolute atomic E-state index is 0.102. The molecule has 2 aliphatic heterocycles. The number of alkyl halides is 3. The highest BCUT2D eigenvalue weighted by atomic mass is 19.4. The standard InChI is InChI=1S/C13H23F3N2O/c1-17-7-11-4-5-12(19-11)9-18-6-2-3-10(8-18)13(14,15)16/h10-12,17H,2-9H2,1H3. The van der Waals surface area contributed by atoms with E-state index in [9.17, 15) is 13.2 Å². The molecule has 6 heteroatoms. The highest BCUT2D eigenvalue weighted by Gasteiger charge is 2.42. The van der Waals surface area contributed by atoms with Gasteiger partial charge in [-0.3, -0.25) is 0 Å². The molecule has 0 bridgehead atoms. The fourth-order valence-electron chi connectivity index (χ4n) is 3.07. The Balaban J connectivity index is 1.77. The number of likely N-dealkylation sites (N-methyl/N-ethyl adjacent to an activating group) is 1. The van der Waals surface area contributed by atoms with Crippen LogP contribution in [-0.4, -0.2) is 56.5 Å². The number of nitrogens with zero attached hydrogens (tertiary/aromatic N) is 1. The maximum Gasteiger partial charge on any atom is 0.393 e. The number of halogens is 3. The quantitative estimate of drug-likeness (QED) is 0.853. The van der Waals surface area contributed by atoms with E-state index in [1.165, 1.54) is 0 Å². The third-order valence-corrected chi connectivity index (χ3v) is 4.06. The maximum absolute atomic E-state index is 12.7. The Morgan fingerprint density at radius 3 is 2.63 bits per heavy atom. The van der Waals surface area contributed by atoms with Crippen LogP contribution in [0.4, 0.5) is 13.2 Å². The smallest absolute Gasteiger partial charge is 0.372 e. The van der Waals surface area contributed by atoms with Gasteiger partial charge in [0, 0.05) is 19.6 Å².